The van der Waals surface area contributed by atoms with Crippen LogP contribution >= 0.6 is 11.8 Å². The quantitative estimate of drug-likeness (QED) is 0.221. The normalized spacial score (nSPS) is 12.4. The van der Waals surface area contributed by atoms with Crippen molar-refractivity contribution in [2.75, 3.05) is 4.90 Å². The van der Waals surface area contributed by atoms with Crippen molar-refractivity contribution in [2.24, 2.45) is 0 Å². The van der Waals surface area contributed by atoms with Gasteiger partial charge in [-0.25, -0.2) is 4.98 Å². The second-order valence-corrected chi connectivity index (χ2v) is 11.6. The van der Waals surface area contributed by atoms with Gasteiger partial charge in [0.2, 0.25) is 0 Å². The lowest BCUT2D eigenvalue weighted by molar-refractivity contribution is 1.17. The number of hydrogen-bond acceptors (Lipinski definition) is 3. The smallest absolute Gasteiger partial charge is 0.0956 e. The maximum Gasteiger partial charge on any atom is 0.0956 e. The summed E-state index contributed by atoms with van der Waals surface area (Å²) in [4.78, 5) is 10.3. The Balaban J connectivity index is 1.47. The Bertz CT molecular complexity index is 2040. The van der Waals surface area contributed by atoms with Crippen molar-refractivity contribution in [2.45, 2.75) is 16.7 Å². The van der Waals surface area contributed by atoms with Crippen molar-refractivity contribution >= 4 is 50.5 Å². The van der Waals surface area contributed by atoms with Crippen LogP contribution in [-0.2, 0) is 0 Å². The topological polar surface area (TPSA) is 16.1 Å². The average molecular weight is 543 g/mol. The largest absolute Gasteiger partial charge is 0.306 e. The van der Waals surface area contributed by atoms with Gasteiger partial charge < -0.3 is 4.90 Å². The number of para-hydroxylation sites is 3. The molecule has 0 spiro atoms. The van der Waals surface area contributed by atoms with E-state index < -0.39 is 0 Å². The fraction of sp³-hybridized carbons (Fsp3) is 0.0263. The maximum atomic E-state index is 5.41. The molecule has 0 atom stereocenters. The molecule has 2 heterocycles. The van der Waals surface area contributed by atoms with Crippen LogP contribution < -0.4 is 4.90 Å². The van der Waals surface area contributed by atoms with E-state index >= 15 is 0 Å². The van der Waals surface area contributed by atoms with Crippen LogP contribution in [0.4, 0.5) is 17.1 Å². The first-order chi connectivity index (χ1) is 20.2. The van der Waals surface area contributed by atoms with E-state index in [1.165, 1.54) is 48.6 Å². The third kappa shape index (κ3) is 4.01. The molecule has 0 aliphatic carbocycles. The predicted molar refractivity (Wildman–Crippen MR) is 174 cm³/mol. The molecule has 194 valence electrons. The van der Waals surface area contributed by atoms with Gasteiger partial charge in [-0.05, 0) is 65.2 Å². The van der Waals surface area contributed by atoms with Crippen LogP contribution in [0.5, 0.6) is 0 Å². The first-order valence-corrected chi connectivity index (χ1v) is 14.7. The van der Waals surface area contributed by atoms with Crippen molar-refractivity contribution in [3.63, 3.8) is 0 Å². The summed E-state index contributed by atoms with van der Waals surface area (Å²) in [5, 5.41) is 3.62. The van der Waals surface area contributed by atoms with Crippen molar-refractivity contribution < 1.29 is 0 Å². The van der Waals surface area contributed by atoms with E-state index in [0.29, 0.717) is 0 Å². The third-order valence-corrected chi connectivity index (χ3v) is 9.05. The van der Waals surface area contributed by atoms with Crippen LogP contribution in [0.3, 0.4) is 0 Å². The summed E-state index contributed by atoms with van der Waals surface area (Å²) in [6.07, 6.45) is 0. The zero-order chi connectivity index (χ0) is 27.3. The molecule has 0 amide bonds. The average Bonchev–Trinajstić information content (AvgIpc) is 3.03. The van der Waals surface area contributed by atoms with Crippen molar-refractivity contribution in [3.05, 3.63) is 145 Å². The fourth-order valence-corrected chi connectivity index (χ4v) is 6.99. The SMILES string of the molecule is Cc1ccc(-c2cc(-c3cccc4ccccc34)c3cccc(N4c5ccccc5Sc5ccccc54)c3n2)cc1. The highest BCUT2D eigenvalue weighted by atomic mass is 32.2. The minimum atomic E-state index is 0.973. The van der Waals surface area contributed by atoms with E-state index in [9.17, 15) is 0 Å². The number of anilines is 3. The molecule has 6 aromatic carbocycles. The number of pyridine rings is 1. The van der Waals surface area contributed by atoms with E-state index in [4.69, 9.17) is 4.98 Å². The molecule has 2 nitrogen and oxygen atoms in total. The zero-order valence-corrected chi connectivity index (χ0v) is 23.4. The number of hydrogen-bond donors (Lipinski definition) is 0. The van der Waals surface area contributed by atoms with Crippen LogP contribution in [-0.4, -0.2) is 4.98 Å². The molecule has 0 saturated carbocycles. The van der Waals surface area contributed by atoms with Crippen molar-refractivity contribution in [1.82, 2.24) is 4.98 Å². The Labute approximate surface area is 243 Å². The molecule has 8 rings (SSSR count). The molecule has 7 aromatic rings. The second-order valence-electron chi connectivity index (χ2n) is 10.5. The summed E-state index contributed by atoms with van der Waals surface area (Å²) in [6.45, 7) is 2.13. The maximum absolute atomic E-state index is 5.41. The van der Waals surface area contributed by atoms with Crippen LogP contribution in [0.25, 0.3) is 44.1 Å². The van der Waals surface area contributed by atoms with E-state index in [-0.39, 0.29) is 0 Å². The molecule has 0 radical (unpaired) electrons. The Morgan fingerprint density at radius 2 is 1.15 bits per heavy atom. The van der Waals surface area contributed by atoms with E-state index in [0.717, 1.165) is 27.8 Å². The van der Waals surface area contributed by atoms with Gasteiger partial charge in [-0.2, -0.15) is 0 Å². The lowest BCUT2D eigenvalue weighted by Crippen LogP contribution is -2.15. The molecule has 1 aliphatic heterocycles. The van der Waals surface area contributed by atoms with Gasteiger partial charge in [0.15, 0.2) is 0 Å². The molecule has 0 fully saturated rings. The third-order valence-electron chi connectivity index (χ3n) is 7.92. The number of fused-ring (bicyclic) bond motifs is 4. The molecule has 0 saturated heterocycles. The highest BCUT2D eigenvalue weighted by molar-refractivity contribution is 7.99. The standard InChI is InChI=1S/C38H26N2S/c1-25-20-22-27(23-21-25)32-24-31(29-13-8-11-26-10-2-3-12-28(26)29)30-14-9-17-35(38(30)39-32)40-33-15-4-6-18-36(33)41-37-19-7-5-16-34(37)40/h2-24H,1H3. The number of benzene rings is 6. The van der Waals surface area contributed by atoms with Crippen LogP contribution in [0.15, 0.2) is 149 Å². The first-order valence-electron chi connectivity index (χ1n) is 13.9. The minimum Gasteiger partial charge on any atom is -0.306 e. The van der Waals surface area contributed by atoms with Crippen LogP contribution in [0.1, 0.15) is 5.56 Å². The number of rotatable bonds is 3. The summed E-state index contributed by atoms with van der Waals surface area (Å²) < 4.78 is 0. The number of aromatic nitrogens is 1. The summed E-state index contributed by atoms with van der Waals surface area (Å²) in [5.74, 6) is 0. The van der Waals surface area contributed by atoms with Gasteiger partial charge in [-0.1, -0.05) is 120 Å². The van der Waals surface area contributed by atoms with Gasteiger partial charge >= 0.3 is 0 Å². The van der Waals surface area contributed by atoms with Gasteiger partial charge in [-0.15, -0.1) is 0 Å². The van der Waals surface area contributed by atoms with Crippen LogP contribution in [0, 0.1) is 6.92 Å². The van der Waals surface area contributed by atoms with Gasteiger partial charge in [0.1, 0.15) is 0 Å². The predicted octanol–water partition coefficient (Wildman–Crippen LogP) is 11.0. The fourth-order valence-electron chi connectivity index (χ4n) is 5.93. The first kappa shape index (κ1) is 24.0. The minimum absolute atomic E-state index is 0.973. The zero-order valence-electron chi connectivity index (χ0n) is 22.6. The van der Waals surface area contributed by atoms with Crippen molar-refractivity contribution in [3.8, 4) is 22.4 Å². The van der Waals surface area contributed by atoms with E-state index in [2.05, 4.69) is 151 Å². The molecule has 0 unspecified atom stereocenters. The lowest BCUT2D eigenvalue weighted by Gasteiger charge is -2.33. The molecular formula is C38H26N2S. The monoisotopic (exact) mass is 542 g/mol. The van der Waals surface area contributed by atoms with Gasteiger partial charge in [0.05, 0.1) is 28.3 Å². The van der Waals surface area contributed by atoms with Crippen molar-refractivity contribution in [1.29, 1.82) is 0 Å². The number of aryl methyl sites for hydroxylation is 1. The summed E-state index contributed by atoms with van der Waals surface area (Å²) in [7, 11) is 0. The van der Waals surface area contributed by atoms with E-state index in [1.807, 2.05) is 11.8 Å². The Hall–Kier alpha value is -4.86. The van der Waals surface area contributed by atoms with Crippen LogP contribution in [0.2, 0.25) is 0 Å². The van der Waals surface area contributed by atoms with E-state index in [1.54, 1.807) is 0 Å². The molecule has 41 heavy (non-hydrogen) atoms. The highest BCUT2D eigenvalue weighted by Crippen LogP contribution is 2.52. The molecule has 1 aliphatic rings. The Kier molecular flexibility index (Phi) is 5.65. The lowest BCUT2D eigenvalue weighted by atomic mass is 9.93. The summed E-state index contributed by atoms with van der Waals surface area (Å²) >= 11 is 1.83. The molecule has 1 aromatic heterocycles. The Morgan fingerprint density at radius 3 is 1.93 bits per heavy atom. The summed E-state index contributed by atoms with van der Waals surface area (Å²) in [6, 6.07) is 50.1. The Morgan fingerprint density at radius 1 is 0.537 bits per heavy atom. The molecule has 0 bridgehead atoms. The number of nitrogens with zero attached hydrogens (tertiary/aromatic N) is 2. The van der Waals surface area contributed by atoms with Gasteiger partial charge in [-0.3, -0.25) is 0 Å². The summed E-state index contributed by atoms with van der Waals surface area (Å²) in [5.41, 5.74) is 10.2. The highest BCUT2D eigenvalue weighted by Gasteiger charge is 2.26. The molecule has 3 heteroatoms. The molecular weight excluding hydrogens is 516 g/mol. The van der Waals surface area contributed by atoms with Gasteiger partial charge in [0.25, 0.3) is 0 Å². The second kappa shape index (κ2) is 9.65. The van der Waals surface area contributed by atoms with Gasteiger partial charge in [0, 0.05) is 20.7 Å². The molecule has 0 N–H and O–H groups in total.